The van der Waals surface area contributed by atoms with Crippen molar-refractivity contribution in [2.75, 3.05) is 39.3 Å². The van der Waals surface area contributed by atoms with E-state index < -0.39 is 24.1 Å². The number of nitrogens with zero attached hydrogens (tertiary/aromatic N) is 2. The summed E-state index contributed by atoms with van der Waals surface area (Å²) in [6, 6.07) is 0. The Balaban J connectivity index is 3.82. The van der Waals surface area contributed by atoms with Gasteiger partial charge in [-0.2, -0.15) is 0 Å². The number of nitrogens with two attached hydrogens (primary N) is 2. The highest BCUT2D eigenvalue weighted by Crippen LogP contribution is 2.04. The zero-order valence-corrected chi connectivity index (χ0v) is 21.4. The molecule has 0 radical (unpaired) electrons. The summed E-state index contributed by atoms with van der Waals surface area (Å²) < 4.78 is 0. The average molecular weight is 521 g/mol. The molecule has 13 heteroatoms. The molecule has 36 heavy (non-hydrogen) atoms. The minimum absolute atomic E-state index is 0.0188. The van der Waals surface area contributed by atoms with Crippen molar-refractivity contribution in [2.24, 2.45) is 11.5 Å². The number of carbonyl (C=O) groups excluding carboxylic acids is 3. The van der Waals surface area contributed by atoms with Crippen molar-refractivity contribution in [1.29, 1.82) is 0 Å². The first-order valence-electron chi connectivity index (χ1n) is 13.0. The van der Waals surface area contributed by atoms with Crippen LogP contribution in [-0.2, 0) is 14.4 Å². The fourth-order valence-electron chi connectivity index (χ4n) is 3.31. The van der Waals surface area contributed by atoms with Crippen LogP contribution in [0, 0.1) is 0 Å². The molecule has 0 aliphatic heterocycles. The van der Waals surface area contributed by atoms with Crippen LogP contribution < -0.4 is 22.1 Å². The van der Waals surface area contributed by atoms with E-state index in [2.05, 4.69) is 10.6 Å². The molecule has 0 aromatic heterocycles. The maximum atomic E-state index is 12.0. The molecule has 10 N–H and O–H groups in total. The third-order valence-electron chi connectivity index (χ3n) is 5.57. The van der Waals surface area contributed by atoms with Crippen molar-refractivity contribution in [1.82, 2.24) is 20.8 Å². The van der Waals surface area contributed by atoms with Crippen LogP contribution in [-0.4, -0.2) is 100 Å². The van der Waals surface area contributed by atoms with Gasteiger partial charge in [-0.05, 0) is 70.9 Å². The third-order valence-corrected chi connectivity index (χ3v) is 5.57. The summed E-state index contributed by atoms with van der Waals surface area (Å²) in [5.74, 6) is -1.59. The Morgan fingerprint density at radius 3 is 2.00 bits per heavy atom. The van der Waals surface area contributed by atoms with Crippen LogP contribution in [0.4, 0.5) is 0 Å². The number of hydrogen-bond acceptors (Lipinski definition) is 10. The fourth-order valence-corrected chi connectivity index (χ4v) is 3.31. The number of unbranched alkanes of at least 4 members (excludes halogenated alkanes) is 5. The molecular formula is C23H48N6O7. The van der Waals surface area contributed by atoms with E-state index in [1.54, 1.807) is 0 Å². The van der Waals surface area contributed by atoms with E-state index >= 15 is 0 Å². The molecule has 0 heterocycles. The van der Waals surface area contributed by atoms with Crippen LogP contribution >= 0.6 is 0 Å². The number of nitrogens with one attached hydrogen (secondary N) is 2. The van der Waals surface area contributed by atoms with E-state index in [9.17, 15) is 35.0 Å². The highest BCUT2D eigenvalue weighted by Gasteiger charge is 2.20. The molecule has 0 fully saturated rings. The van der Waals surface area contributed by atoms with Gasteiger partial charge in [0.05, 0.1) is 0 Å². The maximum absolute atomic E-state index is 12.0. The number of aliphatic hydroxyl groups is 2. The zero-order chi connectivity index (χ0) is 27.2. The molecular weight excluding hydrogens is 472 g/mol. The monoisotopic (exact) mass is 520 g/mol. The van der Waals surface area contributed by atoms with E-state index in [-0.39, 0.29) is 44.8 Å². The van der Waals surface area contributed by atoms with Gasteiger partial charge in [0.2, 0.25) is 11.8 Å². The zero-order valence-electron chi connectivity index (χ0n) is 21.4. The Bertz CT molecular complexity index is 599. The third kappa shape index (κ3) is 18.4. The van der Waals surface area contributed by atoms with Crippen LogP contribution in [0.2, 0.25) is 0 Å². The number of carbonyl (C=O) groups is 3. The first-order valence-corrected chi connectivity index (χ1v) is 13.0. The number of hydrogen-bond donors (Lipinski definition) is 8. The average Bonchev–Trinajstić information content (AvgIpc) is 2.86. The standard InChI is InChI=1S/C23H48N6O7/c24-13-4-1-7-17-28(35)22(33)11-10-21(32)26-15-6-2-8-18-29(36)23(34)19(30)12-16-27-20(31)9-3-5-14-25/h19-20,27,30-31,35-36H,1-18,24-25H2,(H,26,32). The second-order valence-corrected chi connectivity index (χ2v) is 8.80. The Hall–Kier alpha value is -1.87. The summed E-state index contributed by atoms with van der Waals surface area (Å²) in [7, 11) is 0. The summed E-state index contributed by atoms with van der Waals surface area (Å²) >= 11 is 0. The van der Waals surface area contributed by atoms with Crippen LogP contribution in [0.15, 0.2) is 0 Å². The molecule has 0 aliphatic rings. The van der Waals surface area contributed by atoms with E-state index in [0.717, 1.165) is 25.7 Å². The Morgan fingerprint density at radius 2 is 1.33 bits per heavy atom. The molecule has 0 saturated heterocycles. The first-order chi connectivity index (χ1) is 17.2. The van der Waals surface area contributed by atoms with E-state index in [1.807, 2.05) is 0 Å². The molecule has 3 amide bonds. The van der Waals surface area contributed by atoms with Gasteiger partial charge in [-0.3, -0.25) is 30.1 Å². The smallest absolute Gasteiger partial charge is 0.274 e. The predicted octanol–water partition coefficient (Wildman–Crippen LogP) is -0.594. The minimum Gasteiger partial charge on any atom is -0.383 e. The lowest BCUT2D eigenvalue weighted by molar-refractivity contribution is -0.175. The molecule has 0 bridgehead atoms. The van der Waals surface area contributed by atoms with E-state index in [1.165, 1.54) is 0 Å². The lowest BCUT2D eigenvalue weighted by Crippen LogP contribution is -2.40. The number of amides is 3. The lowest BCUT2D eigenvalue weighted by Gasteiger charge is -2.19. The Morgan fingerprint density at radius 1 is 0.722 bits per heavy atom. The number of hydroxylamine groups is 4. The minimum atomic E-state index is -1.37. The van der Waals surface area contributed by atoms with Gasteiger partial charge in [0, 0.05) is 39.0 Å². The predicted molar refractivity (Wildman–Crippen MR) is 134 cm³/mol. The van der Waals surface area contributed by atoms with Gasteiger partial charge in [0.1, 0.15) is 12.3 Å². The second-order valence-electron chi connectivity index (χ2n) is 8.80. The summed E-state index contributed by atoms with van der Waals surface area (Å²) in [6.07, 6.45) is 4.00. The van der Waals surface area contributed by atoms with Crippen LogP contribution in [0.5, 0.6) is 0 Å². The summed E-state index contributed by atoms with van der Waals surface area (Å²) in [4.78, 5) is 35.7. The highest BCUT2D eigenvalue weighted by molar-refractivity contribution is 5.83. The Labute approximate surface area is 214 Å². The highest BCUT2D eigenvalue weighted by atomic mass is 16.5. The Kier molecular flexibility index (Phi) is 21.2. The molecule has 212 valence electrons. The van der Waals surface area contributed by atoms with Gasteiger partial charge in [-0.25, -0.2) is 10.1 Å². The molecule has 2 unspecified atom stereocenters. The second kappa shape index (κ2) is 22.3. The molecule has 0 spiro atoms. The van der Waals surface area contributed by atoms with Gasteiger partial charge < -0.3 is 27.0 Å². The largest absolute Gasteiger partial charge is 0.383 e. The quantitative estimate of drug-likeness (QED) is 0.0370. The van der Waals surface area contributed by atoms with Crippen molar-refractivity contribution in [3.05, 3.63) is 0 Å². The van der Waals surface area contributed by atoms with Gasteiger partial charge in [0.15, 0.2) is 0 Å². The van der Waals surface area contributed by atoms with Gasteiger partial charge >= 0.3 is 0 Å². The first kappa shape index (κ1) is 34.1. The molecule has 2 atom stereocenters. The number of rotatable bonds is 23. The molecule has 0 aromatic rings. The maximum Gasteiger partial charge on any atom is 0.274 e. The van der Waals surface area contributed by atoms with Crippen LogP contribution in [0.3, 0.4) is 0 Å². The molecule has 13 nitrogen and oxygen atoms in total. The van der Waals surface area contributed by atoms with Crippen LogP contribution in [0.25, 0.3) is 0 Å². The summed E-state index contributed by atoms with van der Waals surface area (Å²) in [5.41, 5.74) is 10.8. The van der Waals surface area contributed by atoms with Crippen molar-refractivity contribution in [3.63, 3.8) is 0 Å². The van der Waals surface area contributed by atoms with Gasteiger partial charge in [0.25, 0.3) is 5.91 Å². The van der Waals surface area contributed by atoms with Crippen molar-refractivity contribution < 1.29 is 35.0 Å². The molecule has 0 aromatic carbocycles. The lowest BCUT2D eigenvalue weighted by atomic mass is 10.2. The summed E-state index contributed by atoms with van der Waals surface area (Å²) in [6.45, 7) is 2.00. The molecule has 0 saturated carbocycles. The van der Waals surface area contributed by atoms with Crippen molar-refractivity contribution >= 4 is 17.7 Å². The molecule has 0 aliphatic carbocycles. The van der Waals surface area contributed by atoms with Gasteiger partial charge in [-0.15, -0.1) is 0 Å². The summed E-state index contributed by atoms with van der Waals surface area (Å²) in [5, 5.41) is 45.8. The SMILES string of the molecule is NCCCCCN(O)C(=O)CCC(=O)NCCCCCN(O)C(=O)C(O)CCNC(O)CCCCN. The van der Waals surface area contributed by atoms with Crippen molar-refractivity contribution in [2.45, 2.75) is 89.4 Å². The van der Waals surface area contributed by atoms with Crippen LogP contribution in [0.1, 0.15) is 77.0 Å². The van der Waals surface area contributed by atoms with Gasteiger partial charge in [-0.1, -0.05) is 6.42 Å². The number of aliphatic hydroxyl groups excluding tert-OH is 2. The fraction of sp³-hybridized carbons (Fsp3) is 0.870. The van der Waals surface area contributed by atoms with E-state index in [4.69, 9.17) is 11.5 Å². The van der Waals surface area contributed by atoms with E-state index in [0.29, 0.717) is 61.9 Å². The topological polar surface area (TPSA) is 215 Å². The normalized spacial score (nSPS) is 12.7. The molecule has 0 rings (SSSR count). The van der Waals surface area contributed by atoms with Crippen molar-refractivity contribution in [3.8, 4) is 0 Å².